The van der Waals surface area contributed by atoms with Crippen molar-refractivity contribution in [3.63, 3.8) is 0 Å². The third-order valence-electron chi connectivity index (χ3n) is 4.02. The number of benzene rings is 2. The zero-order valence-corrected chi connectivity index (χ0v) is 15.0. The van der Waals surface area contributed by atoms with Crippen LogP contribution in [-0.2, 0) is 0 Å². The molecule has 2 rings (SSSR count). The Hall–Kier alpha value is -2.82. The van der Waals surface area contributed by atoms with Crippen molar-refractivity contribution in [1.82, 2.24) is 0 Å². The van der Waals surface area contributed by atoms with E-state index >= 15 is 0 Å². The van der Waals surface area contributed by atoms with Crippen molar-refractivity contribution < 1.29 is 19.4 Å². The number of carbonyl (C=O) groups is 2. The van der Waals surface area contributed by atoms with Crippen LogP contribution in [0.3, 0.4) is 0 Å². The third kappa shape index (κ3) is 5.92. The number of carboxylic acid groups (broad SMARTS) is 1. The standard InChI is InChI=1S/C21H25NO4/c1-2-3-4-5-8-14-26-17-11-9-10-16(15-17)20(23)22-19-13-7-6-12-18(19)21(24)25/h6-7,9-13,15H,2-5,8,14H2,1H3,(H,22,23)(H,24,25). The minimum absolute atomic E-state index is 0.0559. The molecule has 2 N–H and O–H groups in total. The van der Waals surface area contributed by atoms with E-state index in [-0.39, 0.29) is 17.2 Å². The van der Waals surface area contributed by atoms with Crippen molar-refractivity contribution in [3.8, 4) is 5.75 Å². The second-order valence-corrected chi connectivity index (χ2v) is 6.10. The fourth-order valence-electron chi connectivity index (χ4n) is 2.60. The van der Waals surface area contributed by atoms with Crippen LogP contribution in [0.25, 0.3) is 0 Å². The molecule has 0 atom stereocenters. The summed E-state index contributed by atoms with van der Waals surface area (Å²) < 4.78 is 5.72. The molecule has 0 bridgehead atoms. The Bertz CT molecular complexity index is 742. The predicted molar refractivity (Wildman–Crippen MR) is 102 cm³/mol. The van der Waals surface area contributed by atoms with E-state index in [1.165, 1.54) is 25.3 Å². The van der Waals surface area contributed by atoms with Gasteiger partial charge in [-0.2, -0.15) is 0 Å². The van der Waals surface area contributed by atoms with Gasteiger partial charge in [-0.05, 0) is 36.8 Å². The van der Waals surface area contributed by atoms with Gasteiger partial charge in [0.2, 0.25) is 0 Å². The quantitative estimate of drug-likeness (QED) is 0.589. The van der Waals surface area contributed by atoms with Gasteiger partial charge in [-0.25, -0.2) is 4.79 Å². The highest BCUT2D eigenvalue weighted by Gasteiger charge is 2.13. The molecule has 0 aromatic heterocycles. The number of carbonyl (C=O) groups excluding carboxylic acids is 1. The minimum Gasteiger partial charge on any atom is -0.494 e. The number of ether oxygens (including phenoxy) is 1. The zero-order chi connectivity index (χ0) is 18.8. The fraction of sp³-hybridized carbons (Fsp3) is 0.333. The average Bonchev–Trinajstić information content (AvgIpc) is 2.65. The molecule has 0 aliphatic rings. The van der Waals surface area contributed by atoms with Crippen LogP contribution in [0, 0.1) is 0 Å². The zero-order valence-electron chi connectivity index (χ0n) is 15.0. The van der Waals surface area contributed by atoms with Crippen LogP contribution < -0.4 is 10.1 Å². The Morgan fingerprint density at radius 2 is 1.77 bits per heavy atom. The number of nitrogens with one attached hydrogen (secondary N) is 1. The van der Waals surface area contributed by atoms with Crippen LogP contribution in [0.5, 0.6) is 5.75 Å². The van der Waals surface area contributed by atoms with Crippen molar-refractivity contribution in [2.24, 2.45) is 0 Å². The molecule has 2 aromatic rings. The predicted octanol–water partition coefficient (Wildman–Crippen LogP) is 4.99. The second-order valence-electron chi connectivity index (χ2n) is 6.10. The summed E-state index contributed by atoms with van der Waals surface area (Å²) in [6, 6.07) is 13.2. The van der Waals surface area contributed by atoms with Gasteiger partial charge in [0, 0.05) is 5.56 Å². The van der Waals surface area contributed by atoms with Gasteiger partial charge in [-0.3, -0.25) is 4.79 Å². The molecule has 0 spiro atoms. The summed E-state index contributed by atoms with van der Waals surface area (Å²) in [5.74, 6) is -0.812. The number of para-hydroxylation sites is 1. The van der Waals surface area contributed by atoms with Crippen molar-refractivity contribution in [1.29, 1.82) is 0 Å². The molecule has 2 aromatic carbocycles. The van der Waals surface area contributed by atoms with Gasteiger partial charge in [0.15, 0.2) is 0 Å². The average molecular weight is 355 g/mol. The van der Waals surface area contributed by atoms with Crippen molar-refractivity contribution >= 4 is 17.6 Å². The molecule has 138 valence electrons. The van der Waals surface area contributed by atoms with Crippen LogP contribution in [0.15, 0.2) is 48.5 Å². The number of aromatic carboxylic acids is 1. The van der Waals surface area contributed by atoms with E-state index in [2.05, 4.69) is 12.2 Å². The molecule has 26 heavy (non-hydrogen) atoms. The molecule has 0 radical (unpaired) electrons. The van der Waals surface area contributed by atoms with Crippen molar-refractivity contribution in [3.05, 3.63) is 59.7 Å². The molecule has 0 unspecified atom stereocenters. The molecule has 0 heterocycles. The Balaban J connectivity index is 1.95. The van der Waals surface area contributed by atoms with Crippen LogP contribution in [0.2, 0.25) is 0 Å². The molecule has 5 nitrogen and oxygen atoms in total. The number of hydrogen-bond acceptors (Lipinski definition) is 3. The van der Waals surface area contributed by atoms with Gasteiger partial charge in [-0.15, -0.1) is 0 Å². The maximum atomic E-state index is 12.4. The number of hydrogen-bond donors (Lipinski definition) is 2. The summed E-state index contributed by atoms with van der Waals surface area (Å²) in [7, 11) is 0. The number of unbranched alkanes of at least 4 members (excludes halogenated alkanes) is 4. The van der Waals surface area contributed by atoms with Crippen molar-refractivity contribution in [2.75, 3.05) is 11.9 Å². The Morgan fingerprint density at radius 1 is 1.00 bits per heavy atom. The molecule has 5 heteroatoms. The van der Waals surface area contributed by atoms with E-state index < -0.39 is 5.97 Å². The van der Waals surface area contributed by atoms with Crippen LogP contribution in [0.1, 0.15) is 59.7 Å². The first-order chi connectivity index (χ1) is 12.6. The van der Waals surface area contributed by atoms with Gasteiger partial charge >= 0.3 is 5.97 Å². The van der Waals surface area contributed by atoms with Crippen LogP contribution in [0.4, 0.5) is 5.69 Å². The Morgan fingerprint density at radius 3 is 2.54 bits per heavy atom. The van der Waals surface area contributed by atoms with E-state index in [0.29, 0.717) is 17.9 Å². The van der Waals surface area contributed by atoms with Gasteiger partial charge < -0.3 is 15.2 Å². The molecule has 0 saturated carbocycles. The summed E-state index contributed by atoms with van der Waals surface area (Å²) in [5, 5.41) is 11.8. The lowest BCUT2D eigenvalue weighted by Crippen LogP contribution is -2.14. The normalized spacial score (nSPS) is 10.3. The fourth-order valence-corrected chi connectivity index (χ4v) is 2.60. The summed E-state index contributed by atoms with van der Waals surface area (Å²) in [6.07, 6.45) is 5.80. The van der Waals surface area contributed by atoms with E-state index in [1.807, 2.05) is 6.07 Å². The maximum Gasteiger partial charge on any atom is 0.337 e. The highest BCUT2D eigenvalue weighted by Crippen LogP contribution is 2.19. The second kappa shape index (κ2) is 10.2. The first-order valence-corrected chi connectivity index (χ1v) is 8.98. The van der Waals surface area contributed by atoms with Crippen molar-refractivity contribution in [2.45, 2.75) is 39.0 Å². The van der Waals surface area contributed by atoms with E-state index in [0.717, 1.165) is 12.8 Å². The van der Waals surface area contributed by atoms with Gasteiger partial charge in [0.05, 0.1) is 17.9 Å². The molecular weight excluding hydrogens is 330 g/mol. The largest absolute Gasteiger partial charge is 0.494 e. The monoisotopic (exact) mass is 355 g/mol. The molecule has 0 fully saturated rings. The smallest absolute Gasteiger partial charge is 0.337 e. The number of carboxylic acids is 1. The molecule has 0 aliphatic heterocycles. The molecule has 0 aliphatic carbocycles. The van der Waals surface area contributed by atoms with Crippen LogP contribution in [-0.4, -0.2) is 23.6 Å². The number of anilines is 1. The topological polar surface area (TPSA) is 75.6 Å². The minimum atomic E-state index is -1.08. The molecular formula is C21H25NO4. The van der Waals surface area contributed by atoms with E-state index in [4.69, 9.17) is 4.74 Å². The summed E-state index contributed by atoms with van der Waals surface area (Å²) >= 11 is 0. The third-order valence-corrected chi connectivity index (χ3v) is 4.02. The summed E-state index contributed by atoms with van der Waals surface area (Å²) in [4.78, 5) is 23.7. The number of amides is 1. The SMILES string of the molecule is CCCCCCCOc1cccc(C(=O)Nc2ccccc2C(=O)O)c1. The van der Waals surface area contributed by atoms with Gasteiger partial charge in [0.25, 0.3) is 5.91 Å². The highest BCUT2D eigenvalue weighted by molar-refractivity contribution is 6.07. The highest BCUT2D eigenvalue weighted by atomic mass is 16.5. The first kappa shape index (κ1) is 19.5. The van der Waals surface area contributed by atoms with E-state index in [1.54, 1.807) is 36.4 Å². The first-order valence-electron chi connectivity index (χ1n) is 8.98. The van der Waals surface area contributed by atoms with Gasteiger partial charge in [0.1, 0.15) is 5.75 Å². The molecule has 1 amide bonds. The van der Waals surface area contributed by atoms with Crippen LogP contribution >= 0.6 is 0 Å². The lowest BCUT2D eigenvalue weighted by molar-refractivity contribution is 0.0698. The number of rotatable bonds is 10. The Kier molecular flexibility index (Phi) is 7.68. The Labute approximate surface area is 154 Å². The van der Waals surface area contributed by atoms with E-state index in [9.17, 15) is 14.7 Å². The van der Waals surface area contributed by atoms with Gasteiger partial charge in [-0.1, -0.05) is 50.8 Å². The summed E-state index contributed by atoms with van der Waals surface area (Å²) in [6.45, 7) is 2.80. The lowest BCUT2D eigenvalue weighted by Gasteiger charge is -2.10. The lowest BCUT2D eigenvalue weighted by atomic mass is 10.1. The summed E-state index contributed by atoms with van der Waals surface area (Å²) in [5.41, 5.74) is 0.751. The maximum absolute atomic E-state index is 12.4. The molecule has 0 saturated heterocycles.